The standard InChI is InChI=1S/C19H21N5O2/c1-25-15-9-3-2-8-14(15)22-16-13(7-6-12-21-16)17-23-18(24-26-17)19(20)10-4-5-11-19/h2-3,6-9,12H,4-5,10-11,20H2,1H3,(H,21,22). The monoisotopic (exact) mass is 351 g/mol. The van der Waals surface area contributed by atoms with Crippen LogP contribution in [0.3, 0.4) is 0 Å². The van der Waals surface area contributed by atoms with Gasteiger partial charge in [-0.1, -0.05) is 30.1 Å². The predicted molar refractivity (Wildman–Crippen MR) is 98.1 cm³/mol. The smallest absolute Gasteiger partial charge is 0.261 e. The molecule has 7 nitrogen and oxygen atoms in total. The van der Waals surface area contributed by atoms with E-state index in [0.717, 1.165) is 42.7 Å². The summed E-state index contributed by atoms with van der Waals surface area (Å²) in [7, 11) is 1.63. The summed E-state index contributed by atoms with van der Waals surface area (Å²) in [5.41, 5.74) is 7.48. The summed E-state index contributed by atoms with van der Waals surface area (Å²) in [6.45, 7) is 0. The lowest BCUT2D eigenvalue weighted by atomic mass is 9.99. The Morgan fingerprint density at radius 2 is 1.96 bits per heavy atom. The van der Waals surface area contributed by atoms with Crippen LogP contribution in [-0.2, 0) is 5.54 Å². The molecule has 0 saturated heterocycles. The first kappa shape index (κ1) is 16.5. The van der Waals surface area contributed by atoms with Gasteiger partial charge in [0.15, 0.2) is 5.82 Å². The van der Waals surface area contributed by atoms with Crippen LogP contribution in [0.5, 0.6) is 5.75 Å². The van der Waals surface area contributed by atoms with Gasteiger partial charge in [0.2, 0.25) is 0 Å². The fraction of sp³-hybridized carbons (Fsp3) is 0.316. The number of benzene rings is 1. The molecular formula is C19H21N5O2. The van der Waals surface area contributed by atoms with Crippen molar-refractivity contribution in [3.63, 3.8) is 0 Å². The molecule has 1 fully saturated rings. The zero-order valence-corrected chi connectivity index (χ0v) is 14.6. The van der Waals surface area contributed by atoms with E-state index >= 15 is 0 Å². The number of para-hydroxylation sites is 2. The van der Waals surface area contributed by atoms with Crippen LogP contribution < -0.4 is 15.8 Å². The molecule has 2 aromatic heterocycles. The summed E-state index contributed by atoms with van der Waals surface area (Å²) in [4.78, 5) is 8.99. The minimum absolute atomic E-state index is 0.405. The second-order valence-corrected chi connectivity index (χ2v) is 6.51. The number of hydrogen-bond donors (Lipinski definition) is 2. The topological polar surface area (TPSA) is 99.1 Å². The van der Waals surface area contributed by atoms with E-state index in [1.165, 1.54) is 0 Å². The number of ether oxygens (including phenoxy) is 1. The van der Waals surface area contributed by atoms with Crippen molar-refractivity contribution in [2.24, 2.45) is 5.73 Å². The molecule has 7 heteroatoms. The van der Waals surface area contributed by atoms with Crippen LogP contribution in [0.1, 0.15) is 31.5 Å². The van der Waals surface area contributed by atoms with Crippen LogP contribution >= 0.6 is 0 Å². The number of pyridine rings is 1. The Morgan fingerprint density at radius 1 is 1.15 bits per heavy atom. The van der Waals surface area contributed by atoms with Crippen molar-refractivity contribution in [3.8, 4) is 17.2 Å². The first-order chi connectivity index (χ1) is 12.7. The Hall–Kier alpha value is -2.93. The molecular weight excluding hydrogens is 330 g/mol. The van der Waals surface area contributed by atoms with Crippen molar-refractivity contribution in [2.45, 2.75) is 31.2 Å². The fourth-order valence-electron chi connectivity index (χ4n) is 3.32. The number of methoxy groups -OCH3 is 1. The second-order valence-electron chi connectivity index (χ2n) is 6.51. The average molecular weight is 351 g/mol. The minimum Gasteiger partial charge on any atom is -0.495 e. The molecule has 1 aliphatic rings. The molecule has 1 aliphatic carbocycles. The molecule has 0 amide bonds. The molecule has 26 heavy (non-hydrogen) atoms. The van der Waals surface area contributed by atoms with Crippen molar-refractivity contribution in [3.05, 3.63) is 48.4 Å². The van der Waals surface area contributed by atoms with Gasteiger partial charge in [0.05, 0.1) is 23.9 Å². The number of anilines is 2. The number of nitrogens with one attached hydrogen (secondary N) is 1. The van der Waals surface area contributed by atoms with Gasteiger partial charge >= 0.3 is 0 Å². The Kier molecular flexibility index (Phi) is 4.30. The predicted octanol–water partition coefficient (Wildman–Crippen LogP) is 3.61. The van der Waals surface area contributed by atoms with Crippen molar-refractivity contribution in [2.75, 3.05) is 12.4 Å². The van der Waals surface area contributed by atoms with Gasteiger partial charge in [-0.25, -0.2) is 4.98 Å². The van der Waals surface area contributed by atoms with Crippen LogP contribution in [0.15, 0.2) is 47.1 Å². The molecule has 134 valence electrons. The highest BCUT2D eigenvalue weighted by atomic mass is 16.5. The van der Waals surface area contributed by atoms with Gasteiger partial charge in [-0.15, -0.1) is 0 Å². The van der Waals surface area contributed by atoms with E-state index in [0.29, 0.717) is 17.5 Å². The maximum atomic E-state index is 6.44. The van der Waals surface area contributed by atoms with Crippen LogP contribution in [0.2, 0.25) is 0 Å². The minimum atomic E-state index is -0.486. The third-order valence-electron chi connectivity index (χ3n) is 4.77. The van der Waals surface area contributed by atoms with Crippen molar-refractivity contribution < 1.29 is 9.26 Å². The number of nitrogens with zero attached hydrogens (tertiary/aromatic N) is 3. The van der Waals surface area contributed by atoms with Gasteiger partial charge in [0, 0.05) is 6.20 Å². The number of rotatable bonds is 5. The van der Waals surface area contributed by atoms with E-state index in [1.54, 1.807) is 13.3 Å². The Bertz CT molecular complexity index is 902. The summed E-state index contributed by atoms with van der Waals surface area (Å²) in [5.74, 6) is 2.31. The van der Waals surface area contributed by atoms with Crippen molar-refractivity contribution in [1.82, 2.24) is 15.1 Å². The van der Waals surface area contributed by atoms with Crippen LogP contribution in [0.25, 0.3) is 11.5 Å². The summed E-state index contributed by atoms with van der Waals surface area (Å²) in [5, 5.41) is 7.42. The van der Waals surface area contributed by atoms with Gasteiger partial charge < -0.3 is 20.3 Å². The van der Waals surface area contributed by atoms with Gasteiger partial charge in [0.1, 0.15) is 11.6 Å². The lowest BCUT2D eigenvalue weighted by Gasteiger charge is -2.17. The first-order valence-electron chi connectivity index (χ1n) is 8.68. The molecule has 0 spiro atoms. The van der Waals surface area contributed by atoms with Gasteiger partial charge in [-0.05, 0) is 37.1 Å². The van der Waals surface area contributed by atoms with Crippen LogP contribution in [0, 0.1) is 0 Å². The maximum Gasteiger partial charge on any atom is 0.261 e. The zero-order chi connectivity index (χ0) is 18.0. The average Bonchev–Trinajstić information content (AvgIpc) is 3.33. The van der Waals surface area contributed by atoms with E-state index in [1.807, 2.05) is 36.4 Å². The maximum absolute atomic E-state index is 6.44. The number of hydrogen-bond acceptors (Lipinski definition) is 7. The molecule has 3 aromatic rings. The number of nitrogens with two attached hydrogens (primary N) is 1. The molecule has 1 aromatic carbocycles. The van der Waals surface area contributed by atoms with Gasteiger partial charge in [0.25, 0.3) is 5.89 Å². The molecule has 4 rings (SSSR count). The van der Waals surface area contributed by atoms with E-state index in [9.17, 15) is 0 Å². The molecule has 0 radical (unpaired) electrons. The Balaban J connectivity index is 1.67. The van der Waals surface area contributed by atoms with Crippen LogP contribution in [-0.4, -0.2) is 22.2 Å². The third kappa shape index (κ3) is 3.01. The molecule has 2 heterocycles. The fourth-order valence-corrected chi connectivity index (χ4v) is 3.32. The Labute approximate surface area is 151 Å². The van der Waals surface area contributed by atoms with E-state index in [-0.39, 0.29) is 0 Å². The van der Waals surface area contributed by atoms with Gasteiger partial charge in [-0.3, -0.25) is 0 Å². The largest absolute Gasteiger partial charge is 0.495 e. The first-order valence-corrected chi connectivity index (χ1v) is 8.68. The highest BCUT2D eigenvalue weighted by Crippen LogP contribution is 2.36. The summed E-state index contributed by atoms with van der Waals surface area (Å²) in [6, 6.07) is 11.4. The summed E-state index contributed by atoms with van der Waals surface area (Å²) >= 11 is 0. The quantitative estimate of drug-likeness (QED) is 0.724. The second kappa shape index (κ2) is 6.76. The SMILES string of the molecule is COc1ccccc1Nc1ncccc1-c1nc(C2(N)CCCC2)no1. The summed E-state index contributed by atoms with van der Waals surface area (Å²) < 4.78 is 10.9. The summed E-state index contributed by atoms with van der Waals surface area (Å²) in [6.07, 6.45) is 5.65. The van der Waals surface area contributed by atoms with E-state index in [2.05, 4.69) is 20.4 Å². The normalized spacial score (nSPS) is 15.8. The third-order valence-corrected chi connectivity index (χ3v) is 4.77. The zero-order valence-electron chi connectivity index (χ0n) is 14.6. The molecule has 1 saturated carbocycles. The van der Waals surface area contributed by atoms with Crippen LogP contribution in [0.4, 0.5) is 11.5 Å². The lowest BCUT2D eigenvalue weighted by Crippen LogP contribution is -2.34. The highest BCUT2D eigenvalue weighted by Gasteiger charge is 2.36. The van der Waals surface area contributed by atoms with Crippen molar-refractivity contribution in [1.29, 1.82) is 0 Å². The van der Waals surface area contributed by atoms with E-state index < -0.39 is 5.54 Å². The molecule has 0 bridgehead atoms. The van der Waals surface area contributed by atoms with Crippen molar-refractivity contribution >= 4 is 11.5 Å². The van der Waals surface area contributed by atoms with Gasteiger partial charge in [-0.2, -0.15) is 4.98 Å². The molecule has 0 atom stereocenters. The van der Waals surface area contributed by atoms with E-state index in [4.69, 9.17) is 15.0 Å². The molecule has 0 unspecified atom stereocenters. The highest BCUT2D eigenvalue weighted by molar-refractivity contribution is 5.75. The number of aromatic nitrogens is 3. The molecule has 0 aliphatic heterocycles. The molecule has 3 N–H and O–H groups in total. The lowest BCUT2D eigenvalue weighted by molar-refractivity contribution is 0.372. The Morgan fingerprint density at radius 3 is 2.77 bits per heavy atom.